The van der Waals surface area contributed by atoms with Crippen LogP contribution in [-0.2, 0) is 0 Å². The van der Waals surface area contributed by atoms with Crippen LogP contribution in [0, 0.1) is 5.92 Å². The van der Waals surface area contributed by atoms with Gasteiger partial charge in [0.25, 0.3) is 0 Å². The van der Waals surface area contributed by atoms with E-state index in [0.29, 0.717) is 10.9 Å². The van der Waals surface area contributed by atoms with Gasteiger partial charge in [0.05, 0.1) is 11.1 Å². The standard InChI is InChI=1S/C14H18BrClO/c15-12-9-5-8-11(13(12)16)14(17)10-6-3-1-2-4-7-10/h5,8-10,14,17H,1-4,6-7H2. The summed E-state index contributed by atoms with van der Waals surface area (Å²) >= 11 is 9.65. The maximum Gasteiger partial charge on any atom is 0.0832 e. The van der Waals surface area contributed by atoms with Gasteiger partial charge in [0.1, 0.15) is 0 Å². The van der Waals surface area contributed by atoms with Gasteiger partial charge >= 0.3 is 0 Å². The van der Waals surface area contributed by atoms with Crippen molar-refractivity contribution < 1.29 is 5.11 Å². The molecule has 0 saturated heterocycles. The molecule has 1 unspecified atom stereocenters. The second-order valence-corrected chi connectivity index (χ2v) is 6.07. The molecule has 0 aliphatic heterocycles. The number of hydrogen-bond acceptors (Lipinski definition) is 1. The van der Waals surface area contributed by atoms with E-state index in [2.05, 4.69) is 15.9 Å². The lowest BCUT2D eigenvalue weighted by atomic mass is 9.89. The van der Waals surface area contributed by atoms with Crippen molar-refractivity contribution in [1.82, 2.24) is 0 Å². The Balaban J connectivity index is 2.17. The number of aliphatic hydroxyl groups is 1. The Hall–Kier alpha value is -0.0500. The highest BCUT2D eigenvalue weighted by molar-refractivity contribution is 9.10. The summed E-state index contributed by atoms with van der Waals surface area (Å²) in [6.07, 6.45) is 6.87. The zero-order valence-electron chi connectivity index (χ0n) is 9.83. The van der Waals surface area contributed by atoms with E-state index in [9.17, 15) is 5.11 Å². The predicted octanol–water partition coefficient (Wildman–Crippen LogP) is 5.11. The van der Waals surface area contributed by atoms with Crippen LogP contribution in [0.5, 0.6) is 0 Å². The number of hydrogen-bond donors (Lipinski definition) is 1. The Morgan fingerprint density at radius 2 is 1.82 bits per heavy atom. The molecule has 0 spiro atoms. The van der Waals surface area contributed by atoms with Crippen LogP contribution in [0.2, 0.25) is 5.02 Å². The first kappa shape index (κ1) is 13.4. The first-order valence-electron chi connectivity index (χ1n) is 6.32. The molecule has 1 fully saturated rings. The van der Waals surface area contributed by atoms with E-state index in [1.165, 1.54) is 25.7 Å². The molecule has 94 valence electrons. The van der Waals surface area contributed by atoms with Gasteiger partial charge in [-0.05, 0) is 40.8 Å². The molecule has 0 aromatic heterocycles. The van der Waals surface area contributed by atoms with Gasteiger partial charge in [0, 0.05) is 10.0 Å². The molecule has 0 radical (unpaired) electrons. The third-order valence-electron chi connectivity index (χ3n) is 3.65. The minimum absolute atomic E-state index is 0.365. The van der Waals surface area contributed by atoms with Crippen LogP contribution >= 0.6 is 27.5 Å². The zero-order valence-corrected chi connectivity index (χ0v) is 12.2. The van der Waals surface area contributed by atoms with E-state index in [-0.39, 0.29) is 0 Å². The van der Waals surface area contributed by atoms with Crippen LogP contribution in [0.1, 0.15) is 50.2 Å². The van der Waals surface area contributed by atoms with Crippen molar-refractivity contribution in [3.05, 3.63) is 33.3 Å². The van der Waals surface area contributed by atoms with Crippen LogP contribution in [0.3, 0.4) is 0 Å². The van der Waals surface area contributed by atoms with Gasteiger partial charge in [-0.2, -0.15) is 0 Å². The SMILES string of the molecule is OC(c1cccc(Br)c1Cl)C1CCCCCC1. The van der Waals surface area contributed by atoms with E-state index in [1.807, 2.05) is 18.2 Å². The van der Waals surface area contributed by atoms with Gasteiger partial charge in [-0.25, -0.2) is 0 Å². The fourth-order valence-electron chi connectivity index (χ4n) is 2.63. The van der Waals surface area contributed by atoms with E-state index in [1.54, 1.807) is 0 Å². The van der Waals surface area contributed by atoms with Gasteiger partial charge in [0.2, 0.25) is 0 Å². The smallest absolute Gasteiger partial charge is 0.0832 e. The van der Waals surface area contributed by atoms with E-state index >= 15 is 0 Å². The Morgan fingerprint density at radius 3 is 2.47 bits per heavy atom. The highest BCUT2D eigenvalue weighted by Gasteiger charge is 2.24. The fraction of sp³-hybridized carbons (Fsp3) is 0.571. The third kappa shape index (κ3) is 3.24. The van der Waals surface area contributed by atoms with Gasteiger partial charge in [-0.3, -0.25) is 0 Å². The average Bonchev–Trinajstić information content (AvgIpc) is 2.60. The number of halogens is 2. The van der Waals surface area contributed by atoms with E-state index < -0.39 is 6.10 Å². The Labute approximate surface area is 116 Å². The summed E-state index contributed by atoms with van der Waals surface area (Å²) in [5, 5.41) is 11.1. The summed E-state index contributed by atoms with van der Waals surface area (Å²) < 4.78 is 0.865. The molecule has 0 bridgehead atoms. The Morgan fingerprint density at radius 1 is 1.18 bits per heavy atom. The molecule has 1 N–H and O–H groups in total. The number of aliphatic hydroxyl groups excluding tert-OH is 1. The summed E-state index contributed by atoms with van der Waals surface area (Å²) in [4.78, 5) is 0. The van der Waals surface area contributed by atoms with Crippen molar-refractivity contribution in [3.63, 3.8) is 0 Å². The average molecular weight is 318 g/mol. The Bertz CT molecular complexity index is 372. The Kier molecular flexibility index (Phi) is 4.89. The summed E-state index contributed by atoms with van der Waals surface area (Å²) in [5.74, 6) is 0.365. The van der Waals surface area contributed by atoms with Gasteiger partial charge in [0.15, 0.2) is 0 Å². The quantitative estimate of drug-likeness (QED) is 0.752. The van der Waals surface area contributed by atoms with Crippen molar-refractivity contribution in [2.24, 2.45) is 5.92 Å². The van der Waals surface area contributed by atoms with Crippen LogP contribution in [-0.4, -0.2) is 5.11 Å². The normalized spacial score (nSPS) is 19.9. The lowest BCUT2D eigenvalue weighted by molar-refractivity contribution is 0.0988. The molecule has 0 amide bonds. The molecular weight excluding hydrogens is 300 g/mol. The van der Waals surface area contributed by atoms with E-state index in [4.69, 9.17) is 11.6 Å². The van der Waals surface area contributed by atoms with Gasteiger partial charge in [-0.1, -0.05) is 49.4 Å². The van der Waals surface area contributed by atoms with Crippen LogP contribution in [0.25, 0.3) is 0 Å². The fourth-order valence-corrected chi connectivity index (χ4v) is 3.25. The molecule has 1 aliphatic rings. The first-order valence-corrected chi connectivity index (χ1v) is 7.49. The topological polar surface area (TPSA) is 20.2 Å². The van der Waals surface area contributed by atoms with Crippen molar-refractivity contribution in [2.45, 2.75) is 44.6 Å². The van der Waals surface area contributed by atoms with Crippen molar-refractivity contribution in [2.75, 3.05) is 0 Å². The van der Waals surface area contributed by atoms with Crippen molar-refractivity contribution in [1.29, 1.82) is 0 Å². The number of benzene rings is 1. The minimum Gasteiger partial charge on any atom is -0.388 e. The van der Waals surface area contributed by atoms with Crippen molar-refractivity contribution >= 4 is 27.5 Å². The minimum atomic E-state index is -0.418. The molecule has 3 heteroatoms. The molecule has 1 atom stereocenters. The molecule has 2 rings (SSSR count). The second-order valence-electron chi connectivity index (χ2n) is 4.84. The summed E-state index contributed by atoms with van der Waals surface area (Å²) in [6.45, 7) is 0. The third-order valence-corrected chi connectivity index (χ3v) is 4.96. The summed E-state index contributed by atoms with van der Waals surface area (Å²) in [5.41, 5.74) is 0.868. The summed E-state index contributed by atoms with van der Waals surface area (Å²) in [6, 6.07) is 5.78. The summed E-state index contributed by atoms with van der Waals surface area (Å²) in [7, 11) is 0. The number of rotatable bonds is 2. The lowest BCUT2D eigenvalue weighted by Gasteiger charge is -2.22. The maximum absolute atomic E-state index is 10.5. The van der Waals surface area contributed by atoms with Crippen molar-refractivity contribution in [3.8, 4) is 0 Å². The molecule has 0 heterocycles. The molecule has 1 saturated carbocycles. The first-order chi connectivity index (χ1) is 8.20. The molecular formula is C14H18BrClO. The predicted molar refractivity (Wildman–Crippen MR) is 75.3 cm³/mol. The van der Waals surface area contributed by atoms with E-state index in [0.717, 1.165) is 22.9 Å². The van der Waals surface area contributed by atoms with Gasteiger partial charge < -0.3 is 5.11 Å². The molecule has 1 nitrogen and oxygen atoms in total. The molecule has 1 aliphatic carbocycles. The largest absolute Gasteiger partial charge is 0.388 e. The molecule has 1 aromatic carbocycles. The van der Waals surface area contributed by atoms with Crippen LogP contribution < -0.4 is 0 Å². The van der Waals surface area contributed by atoms with Gasteiger partial charge in [-0.15, -0.1) is 0 Å². The molecule has 1 aromatic rings. The second kappa shape index (κ2) is 6.21. The molecule has 17 heavy (non-hydrogen) atoms. The van der Waals surface area contributed by atoms with Crippen LogP contribution in [0.4, 0.5) is 0 Å². The monoisotopic (exact) mass is 316 g/mol. The maximum atomic E-state index is 10.5. The zero-order chi connectivity index (χ0) is 12.3. The van der Waals surface area contributed by atoms with Crippen LogP contribution in [0.15, 0.2) is 22.7 Å². The lowest BCUT2D eigenvalue weighted by Crippen LogP contribution is -2.12. The highest BCUT2D eigenvalue weighted by Crippen LogP contribution is 2.38. The highest BCUT2D eigenvalue weighted by atomic mass is 79.9.